The molecular weight excluding hydrogens is 404 g/mol. The summed E-state index contributed by atoms with van der Waals surface area (Å²) in [5, 5.41) is 8.65. The minimum atomic E-state index is 0.631. The van der Waals surface area contributed by atoms with E-state index in [9.17, 15) is 0 Å². The second-order valence-corrected chi connectivity index (χ2v) is 10.1. The molecule has 0 aliphatic heterocycles. The average Bonchev–Trinajstić information content (AvgIpc) is 2.86. The Morgan fingerprint density at radius 3 is 2.03 bits per heavy atom. The van der Waals surface area contributed by atoms with E-state index in [1.807, 2.05) is 12.1 Å². The Kier molecular flexibility index (Phi) is 11.8. The predicted molar refractivity (Wildman–Crippen MR) is 140 cm³/mol. The van der Waals surface area contributed by atoms with Crippen LogP contribution in [0.25, 0.3) is 11.3 Å². The highest BCUT2D eigenvalue weighted by Gasteiger charge is 2.20. The van der Waals surface area contributed by atoms with Crippen molar-refractivity contribution < 1.29 is 4.74 Å². The molecule has 3 rings (SSSR count). The molecule has 3 nitrogen and oxygen atoms in total. The van der Waals surface area contributed by atoms with Gasteiger partial charge in [-0.2, -0.15) is 0 Å². The van der Waals surface area contributed by atoms with E-state index in [2.05, 4.69) is 48.3 Å². The van der Waals surface area contributed by atoms with Gasteiger partial charge in [0.2, 0.25) is 5.88 Å². The fourth-order valence-electron chi connectivity index (χ4n) is 5.14. The SMILES string of the molecule is CCCCCCCOc1ccc(-c2ccc(CCC3CCC(CCCCC)CC3)cc2)nn1. The number of rotatable bonds is 15. The van der Waals surface area contributed by atoms with E-state index < -0.39 is 0 Å². The Morgan fingerprint density at radius 1 is 0.697 bits per heavy atom. The Bertz CT molecular complexity index is 748. The van der Waals surface area contributed by atoms with Crippen LogP contribution in [0.4, 0.5) is 0 Å². The summed E-state index contributed by atoms with van der Waals surface area (Å²) in [5.74, 6) is 2.57. The summed E-state index contributed by atoms with van der Waals surface area (Å²) in [4.78, 5) is 0. The zero-order chi connectivity index (χ0) is 23.1. The topological polar surface area (TPSA) is 35.0 Å². The van der Waals surface area contributed by atoms with Gasteiger partial charge in [0.15, 0.2) is 0 Å². The lowest BCUT2D eigenvalue weighted by Crippen LogP contribution is -2.15. The molecule has 1 aromatic carbocycles. The van der Waals surface area contributed by atoms with Gasteiger partial charge in [0.1, 0.15) is 0 Å². The van der Waals surface area contributed by atoms with Crippen LogP contribution < -0.4 is 4.74 Å². The summed E-state index contributed by atoms with van der Waals surface area (Å²) < 4.78 is 5.74. The monoisotopic (exact) mass is 450 g/mol. The second kappa shape index (κ2) is 15.1. The summed E-state index contributed by atoms with van der Waals surface area (Å²) in [5.41, 5.74) is 3.49. The van der Waals surface area contributed by atoms with Gasteiger partial charge in [0.05, 0.1) is 12.3 Å². The van der Waals surface area contributed by atoms with Crippen LogP contribution in [0.1, 0.15) is 109 Å². The highest BCUT2D eigenvalue weighted by Crippen LogP contribution is 2.34. The first-order valence-electron chi connectivity index (χ1n) is 13.8. The summed E-state index contributed by atoms with van der Waals surface area (Å²) in [6, 6.07) is 12.9. The van der Waals surface area contributed by atoms with Crippen molar-refractivity contribution in [2.45, 2.75) is 110 Å². The molecule has 3 heteroatoms. The molecule has 1 saturated carbocycles. The van der Waals surface area contributed by atoms with Crippen molar-refractivity contribution in [3.05, 3.63) is 42.0 Å². The third kappa shape index (κ3) is 9.47. The normalized spacial score (nSPS) is 18.4. The Balaban J connectivity index is 1.36. The molecule has 0 radical (unpaired) electrons. The lowest BCUT2D eigenvalue weighted by Gasteiger charge is -2.28. The molecule has 0 spiro atoms. The first kappa shape index (κ1) is 25.7. The maximum absolute atomic E-state index is 5.74. The van der Waals surface area contributed by atoms with Crippen molar-refractivity contribution in [3.63, 3.8) is 0 Å². The quantitative estimate of drug-likeness (QED) is 0.254. The number of unbranched alkanes of at least 4 members (excludes halogenated alkanes) is 6. The molecule has 0 saturated heterocycles. The highest BCUT2D eigenvalue weighted by atomic mass is 16.5. The molecule has 0 N–H and O–H groups in total. The third-order valence-electron chi connectivity index (χ3n) is 7.41. The molecule has 33 heavy (non-hydrogen) atoms. The van der Waals surface area contributed by atoms with Crippen LogP contribution in [0.5, 0.6) is 5.88 Å². The number of hydrogen-bond donors (Lipinski definition) is 0. The number of aromatic nitrogens is 2. The Morgan fingerprint density at radius 2 is 1.36 bits per heavy atom. The molecule has 1 aromatic heterocycles. The molecule has 0 amide bonds. The van der Waals surface area contributed by atoms with Crippen molar-refractivity contribution in [1.29, 1.82) is 0 Å². The van der Waals surface area contributed by atoms with Gasteiger partial charge in [-0.05, 0) is 42.7 Å². The van der Waals surface area contributed by atoms with Crippen LogP contribution in [0.15, 0.2) is 36.4 Å². The maximum atomic E-state index is 5.74. The number of hydrogen-bond acceptors (Lipinski definition) is 3. The van der Waals surface area contributed by atoms with E-state index in [1.165, 1.54) is 95.5 Å². The van der Waals surface area contributed by atoms with Gasteiger partial charge in [-0.3, -0.25) is 0 Å². The zero-order valence-corrected chi connectivity index (χ0v) is 21.2. The molecule has 1 aliphatic carbocycles. The van der Waals surface area contributed by atoms with Gasteiger partial charge < -0.3 is 4.74 Å². The molecule has 0 unspecified atom stereocenters. The summed E-state index contributed by atoms with van der Waals surface area (Å²) in [7, 11) is 0. The predicted octanol–water partition coefficient (Wildman–Crippen LogP) is 8.81. The van der Waals surface area contributed by atoms with Crippen molar-refractivity contribution in [3.8, 4) is 17.1 Å². The van der Waals surface area contributed by atoms with E-state index in [-0.39, 0.29) is 0 Å². The van der Waals surface area contributed by atoms with Crippen molar-refractivity contribution in [2.75, 3.05) is 6.61 Å². The first-order valence-corrected chi connectivity index (χ1v) is 13.8. The number of nitrogens with zero attached hydrogens (tertiary/aromatic N) is 2. The standard InChI is InChI=1S/C30H46N2O/c1-3-5-7-8-10-24-33-30-23-22-29(31-32-30)28-20-18-27(19-21-28)17-16-26-14-12-25(13-15-26)11-9-6-4-2/h18-23,25-26H,3-17,24H2,1-2H3. The second-order valence-electron chi connectivity index (χ2n) is 10.1. The number of benzene rings is 1. The van der Waals surface area contributed by atoms with Gasteiger partial charge in [0.25, 0.3) is 0 Å². The van der Waals surface area contributed by atoms with E-state index >= 15 is 0 Å². The van der Waals surface area contributed by atoms with Gasteiger partial charge in [-0.15, -0.1) is 10.2 Å². The Labute approximate surface area is 202 Å². The molecular formula is C30H46N2O. The Hall–Kier alpha value is -1.90. The van der Waals surface area contributed by atoms with E-state index in [4.69, 9.17) is 4.74 Å². The number of aryl methyl sites for hydroxylation is 1. The van der Waals surface area contributed by atoms with Crippen LogP contribution in [-0.4, -0.2) is 16.8 Å². The van der Waals surface area contributed by atoms with Crippen molar-refractivity contribution in [2.24, 2.45) is 11.8 Å². The third-order valence-corrected chi connectivity index (χ3v) is 7.41. The molecule has 1 fully saturated rings. The summed E-state index contributed by atoms with van der Waals surface area (Å²) >= 11 is 0. The minimum Gasteiger partial charge on any atom is -0.477 e. The van der Waals surface area contributed by atoms with E-state index in [0.29, 0.717) is 5.88 Å². The van der Waals surface area contributed by atoms with E-state index in [0.717, 1.165) is 36.1 Å². The lowest BCUT2D eigenvalue weighted by molar-refractivity contribution is 0.249. The lowest BCUT2D eigenvalue weighted by atomic mass is 9.78. The van der Waals surface area contributed by atoms with Crippen LogP contribution >= 0.6 is 0 Å². The zero-order valence-electron chi connectivity index (χ0n) is 21.2. The van der Waals surface area contributed by atoms with Crippen molar-refractivity contribution >= 4 is 0 Å². The van der Waals surface area contributed by atoms with Gasteiger partial charge in [0, 0.05) is 11.6 Å². The minimum absolute atomic E-state index is 0.631. The van der Waals surface area contributed by atoms with Crippen LogP contribution in [-0.2, 0) is 6.42 Å². The van der Waals surface area contributed by atoms with Crippen LogP contribution in [0.2, 0.25) is 0 Å². The fraction of sp³-hybridized carbons (Fsp3) is 0.667. The van der Waals surface area contributed by atoms with Gasteiger partial charge in [-0.25, -0.2) is 0 Å². The molecule has 0 bridgehead atoms. The van der Waals surface area contributed by atoms with Gasteiger partial charge in [-0.1, -0.05) is 115 Å². The summed E-state index contributed by atoms with van der Waals surface area (Å²) in [6.45, 7) is 5.27. The molecule has 1 aliphatic rings. The molecule has 2 aromatic rings. The summed E-state index contributed by atoms with van der Waals surface area (Å²) in [6.07, 6.45) is 20.2. The highest BCUT2D eigenvalue weighted by molar-refractivity contribution is 5.59. The van der Waals surface area contributed by atoms with Crippen LogP contribution in [0.3, 0.4) is 0 Å². The fourth-order valence-corrected chi connectivity index (χ4v) is 5.14. The number of ether oxygens (including phenoxy) is 1. The molecule has 182 valence electrons. The van der Waals surface area contributed by atoms with Crippen molar-refractivity contribution in [1.82, 2.24) is 10.2 Å². The first-order chi connectivity index (χ1) is 16.3. The largest absolute Gasteiger partial charge is 0.477 e. The van der Waals surface area contributed by atoms with E-state index in [1.54, 1.807) is 0 Å². The smallest absolute Gasteiger partial charge is 0.233 e. The van der Waals surface area contributed by atoms with Gasteiger partial charge >= 0.3 is 0 Å². The van der Waals surface area contributed by atoms with Crippen LogP contribution in [0, 0.1) is 11.8 Å². The molecule has 0 atom stereocenters. The average molecular weight is 451 g/mol. The maximum Gasteiger partial charge on any atom is 0.233 e. The molecule has 1 heterocycles.